The van der Waals surface area contributed by atoms with Crippen molar-refractivity contribution < 1.29 is 13.3 Å². The molecule has 0 saturated heterocycles. The van der Waals surface area contributed by atoms with Crippen LogP contribution in [0.25, 0.3) is 28.2 Å². The van der Waals surface area contributed by atoms with Gasteiger partial charge in [-0.2, -0.15) is 4.98 Å². The number of para-hydroxylation sites is 1. The van der Waals surface area contributed by atoms with Gasteiger partial charge in [-0.15, -0.1) is 0 Å². The number of hydrogen-bond acceptors (Lipinski definition) is 7. The van der Waals surface area contributed by atoms with E-state index in [9.17, 15) is 9.18 Å². The number of aromatic nitrogens is 4. The molecule has 0 aliphatic heterocycles. The van der Waals surface area contributed by atoms with Gasteiger partial charge in [-0.05, 0) is 42.5 Å². The number of fused-ring (bicyclic) bond motifs is 1. The van der Waals surface area contributed by atoms with E-state index in [1.54, 1.807) is 36.4 Å². The van der Waals surface area contributed by atoms with Gasteiger partial charge in [0, 0.05) is 0 Å². The van der Waals surface area contributed by atoms with Crippen molar-refractivity contribution in [3.8, 4) is 17.3 Å². The zero-order chi connectivity index (χ0) is 21.4. The zero-order valence-electron chi connectivity index (χ0n) is 15.7. The van der Waals surface area contributed by atoms with Crippen molar-refractivity contribution in [2.75, 3.05) is 0 Å². The van der Waals surface area contributed by atoms with Crippen molar-refractivity contribution in [3.05, 3.63) is 87.9 Å². The summed E-state index contributed by atoms with van der Waals surface area (Å²) in [5.74, 6) is 0.838. The van der Waals surface area contributed by atoms with Crippen LogP contribution in [0.2, 0.25) is 5.02 Å². The molecule has 10 heteroatoms. The average Bonchev–Trinajstić information content (AvgIpc) is 3.46. The van der Waals surface area contributed by atoms with E-state index >= 15 is 0 Å². The highest BCUT2D eigenvalue weighted by Gasteiger charge is 2.17. The highest BCUT2D eigenvalue weighted by molar-refractivity contribution is 7.98. The summed E-state index contributed by atoms with van der Waals surface area (Å²) in [6.07, 6.45) is 1.52. The highest BCUT2D eigenvalue weighted by atomic mass is 35.5. The second-order valence-corrected chi connectivity index (χ2v) is 7.78. The summed E-state index contributed by atoms with van der Waals surface area (Å²) in [6, 6.07) is 14.5. The highest BCUT2D eigenvalue weighted by Crippen LogP contribution is 2.27. The molecule has 0 saturated carbocycles. The molecule has 5 aromatic rings. The normalized spacial score (nSPS) is 11.3. The lowest BCUT2D eigenvalue weighted by atomic mass is 10.2. The molecule has 0 radical (unpaired) electrons. The summed E-state index contributed by atoms with van der Waals surface area (Å²) >= 11 is 7.18. The van der Waals surface area contributed by atoms with Crippen LogP contribution >= 0.6 is 23.4 Å². The second-order valence-electron chi connectivity index (χ2n) is 6.43. The first kappa shape index (κ1) is 19.5. The Labute approximate surface area is 183 Å². The first-order valence-corrected chi connectivity index (χ1v) is 10.4. The number of halogens is 2. The van der Waals surface area contributed by atoms with Crippen LogP contribution in [-0.2, 0) is 5.75 Å². The molecule has 154 valence electrons. The maximum absolute atomic E-state index is 13.7. The fourth-order valence-electron chi connectivity index (χ4n) is 3.01. The molecule has 0 N–H and O–H groups in total. The zero-order valence-corrected chi connectivity index (χ0v) is 17.2. The number of hydrogen-bond donors (Lipinski definition) is 0. The third-order valence-electron chi connectivity index (χ3n) is 4.44. The van der Waals surface area contributed by atoms with E-state index in [0.29, 0.717) is 39.2 Å². The van der Waals surface area contributed by atoms with Gasteiger partial charge in [0.2, 0.25) is 11.7 Å². The molecular formula is C21H12ClFN4O3S. The minimum atomic E-state index is -0.572. The molecule has 0 atom stereocenters. The largest absolute Gasteiger partial charge is 0.461 e. The summed E-state index contributed by atoms with van der Waals surface area (Å²) in [6.45, 7) is 0. The summed E-state index contributed by atoms with van der Waals surface area (Å²) in [4.78, 5) is 22.1. The van der Waals surface area contributed by atoms with Crippen LogP contribution in [0.15, 0.2) is 79.8 Å². The lowest BCUT2D eigenvalue weighted by molar-refractivity contribution is 0.390. The maximum Gasteiger partial charge on any atom is 0.266 e. The van der Waals surface area contributed by atoms with E-state index in [1.165, 1.54) is 40.8 Å². The van der Waals surface area contributed by atoms with E-state index in [-0.39, 0.29) is 16.3 Å². The molecule has 2 aromatic carbocycles. The van der Waals surface area contributed by atoms with Gasteiger partial charge < -0.3 is 8.94 Å². The SMILES string of the molecule is O=c1c2ccccc2nc(SCc2nc(-c3ccco3)no2)n1-c1ccc(F)c(Cl)c1. The van der Waals surface area contributed by atoms with Crippen molar-refractivity contribution in [1.82, 2.24) is 19.7 Å². The van der Waals surface area contributed by atoms with Crippen molar-refractivity contribution in [3.63, 3.8) is 0 Å². The Bertz CT molecular complexity index is 1450. The van der Waals surface area contributed by atoms with Crippen molar-refractivity contribution in [2.24, 2.45) is 0 Å². The van der Waals surface area contributed by atoms with E-state index in [1.807, 2.05) is 0 Å². The Morgan fingerprint density at radius 3 is 2.77 bits per heavy atom. The molecule has 0 bridgehead atoms. The Balaban J connectivity index is 1.55. The summed E-state index contributed by atoms with van der Waals surface area (Å²) in [5.41, 5.74) is 0.651. The molecule has 0 aliphatic rings. The molecule has 0 fully saturated rings. The Hall–Kier alpha value is -3.43. The molecule has 3 heterocycles. The van der Waals surface area contributed by atoms with Gasteiger partial charge in [0.05, 0.1) is 33.6 Å². The number of benzene rings is 2. The predicted octanol–water partition coefficient (Wildman–Crippen LogP) is 5.11. The molecule has 0 aliphatic carbocycles. The van der Waals surface area contributed by atoms with E-state index in [0.717, 1.165) is 0 Å². The van der Waals surface area contributed by atoms with Crippen LogP contribution in [0, 0.1) is 5.82 Å². The quantitative estimate of drug-likeness (QED) is 0.269. The number of rotatable bonds is 5. The second kappa shape index (κ2) is 8.01. The number of nitrogens with zero attached hydrogens (tertiary/aromatic N) is 4. The van der Waals surface area contributed by atoms with Crippen molar-refractivity contribution >= 4 is 34.3 Å². The van der Waals surface area contributed by atoms with Crippen LogP contribution in [-0.4, -0.2) is 19.7 Å². The van der Waals surface area contributed by atoms with Gasteiger partial charge in [-0.3, -0.25) is 9.36 Å². The van der Waals surface area contributed by atoms with Gasteiger partial charge in [0.15, 0.2) is 10.9 Å². The minimum absolute atomic E-state index is 0.0894. The van der Waals surface area contributed by atoms with Gasteiger partial charge in [0.1, 0.15) is 5.82 Å². The van der Waals surface area contributed by atoms with E-state index in [2.05, 4.69) is 15.1 Å². The van der Waals surface area contributed by atoms with Crippen LogP contribution in [0.5, 0.6) is 0 Å². The smallest absolute Gasteiger partial charge is 0.266 e. The fraction of sp³-hybridized carbons (Fsp3) is 0.0476. The van der Waals surface area contributed by atoms with E-state index < -0.39 is 5.82 Å². The third kappa shape index (κ3) is 3.73. The fourth-order valence-corrected chi connectivity index (χ4v) is 4.03. The molecular weight excluding hydrogens is 443 g/mol. The topological polar surface area (TPSA) is 86.9 Å². The average molecular weight is 455 g/mol. The Kier molecular flexibility index (Phi) is 5.05. The first-order valence-electron chi connectivity index (χ1n) is 9.06. The van der Waals surface area contributed by atoms with Crippen LogP contribution in [0.4, 0.5) is 4.39 Å². The first-order chi connectivity index (χ1) is 15.1. The predicted molar refractivity (Wildman–Crippen MR) is 114 cm³/mol. The van der Waals surface area contributed by atoms with Gasteiger partial charge in [-0.25, -0.2) is 9.37 Å². The lowest BCUT2D eigenvalue weighted by Gasteiger charge is -2.13. The summed E-state index contributed by atoms with van der Waals surface area (Å²) in [7, 11) is 0. The Morgan fingerprint density at radius 1 is 1.10 bits per heavy atom. The van der Waals surface area contributed by atoms with Crippen molar-refractivity contribution in [1.29, 1.82) is 0 Å². The molecule has 5 rings (SSSR count). The van der Waals surface area contributed by atoms with Gasteiger partial charge >= 0.3 is 0 Å². The number of furan rings is 1. The molecule has 7 nitrogen and oxygen atoms in total. The van der Waals surface area contributed by atoms with Gasteiger partial charge in [0.25, 0.3) is 5.56 Å². The molecule has 0 amide bonds. The standard InChI is InChI=1S/C21H12ClFN4O3S/c22-14-10-12(7-8-15(14)23)27-20(28)13-4-1-2-5-16(13)24-21(27)31-11-18-25-19(26-30-18)17-6-3-9-29-17/h1-10H,11H2. The third-order valence-corrected chi connectivity index (χ3v) is 5.65. The number of thioether (sulfide) groups is 1. The lowest BCUT2D eigenvalue weighted by Crippen LogP contribution is -2.21. The Morgan fingerprint density at radius 2 is 1.97 bits per heavy atom. The summed E-state index contributed by atoms with van der Waals surface area (Å²) in [5, 5.41) is 4.62. The van der Waals surface area contributed by atoms with Crippen LogP contribution in [0.1, 0.15) is 5.89 Å². The minimum Gasteiger partial charge on any atom is -0.461 e. The van der Waals surface area contributed by atoms with E-state index in [4.69, 9.17) is 20.5 Å². The summed E-state index contributed by atoms with van der Waals surface area (Å²) < 4.78 is 25.6. The van der Waals surface area contributed by atoms with Crippen molar-refractivity contribution in [2.45, 2.75) is 10.9 Å². The maximum atomic E-state index is 13.7. The van der Waals surface area contributed by atoms with Crippen LogP contribution < -0.4 is 5.56 Å². The molecule has 0 spiro atoms. The molecule has 3 aromatic heterocycles. The molecule has 31 heavy (non-hydrogen) atoms. The van der Waals surface area contributed by atoms with Gasteiger partial charge in [-0.1, -0.05) is 40.7 Å². The monoisotopic (exact) mass is 454 g/mol. The van der Waals surface area contributed by atoms with Crippen LogP contribution in [0.3, 0.4) is 0 Å². The molecule has 0 unspecified atom stereocenters.